The number of benzene rings is 2. The van der Waals surface area contributed by atoms with E-state index in [-0.39, 0.29) is 12.4 Å². The standard InChI is InChI=1S/C22H27NO2.ClH/c1-23-14-19-16-11-12-21(24-2)22(25-3)18(16)10-9-17(19)20(23)13-15-7-5-4-6-8-15;/h4-8,11-12,17,19-20H,9-10,13-14H2,1-3H3;1H. The largest absolute Gasteiger partial charge is 0.493 e. The smallest absolute Gasteiger partial charge is 0.164 e. The Hall–Kier alpha value is -1.71. The molecule has 1 aliphatic carbocycles. The average molecular weight is 374 g/mol. The number of likely N-dealkylation sites (N-methyl/N-ethyl adjacent to an activating group) is 1. The zero-order valence-electron chi connectivity index (χ0n) is 15.8. The Morgan fingerprint density at radius 2 is 1.81 bits per heavy atom. The average Bonchev–Trinajstić information content (AvgIpc) is 2.97. The summed E-state index contributed by atoms with van der Waals surface area (Å²) in [4.78, 5) is 2.56. The van der Waals surface area contributed by atoms with Gasteiger partial charge in [0.15, 0.2) is 11.5 Å². The van der Waals surface area contributed by atoms with E-state index in [4.69, 9.17) is 9.47 Å². The quantitative estimate of drug-likeness (QED) is 0.796. The van der Waals surface area contributed by atoms with Gasteiger partial charge in [0.1, 0.15) is 0 Å². The zero-order valence-corrected chi connectivity index (χ0v) is 16.6. The van der Waals surface area contributed by atoms with Gasteiger partial charge in [0.05, 0.1) is 14.2 Å². The molecule has 2 aromatic rings. The number of likely N-dealkylation sites (tertiary alicyclic amines) is 1. The fraction of sp³-hybridized carbons (Fsp3) is 0.455. The maximum absolute atomic E-state index is 5.69. The molecule has 0 spiro atoms. The third-order valence-corrected chi connectivity index (χ3v) is 6.16. The summed E-state index contributed by atoms with van der Waals surface area (Å²) < 4.78 is 11.2. The van der Waals surface area contributed by atoms with Gasteiger partial charge in [0, 0.05) is 24.1 Å². The molecule has 3 unspecified atom stereocenters. The van der Waals surface area contributed by atoms with Crippen LogP contribution in [0.5, 0.6) is 11.5 Å². The van der Waals surface area contributed by atoms with Gasteiger partial charge in [-0.3, -0.25) is 0 Å². The fourth-order valence-corrected chi connectivity index (χ4v) is 4.98. The minimum absolute atomic E-state index is 0. The maximum Gasteiger partial charge on any atom is 0.164 e. The minimum atomic E-state index is 0. The van der Waals surface area contributed by atoms with E-state index in [2.05, 4.69) is 54.4 Å². The van der Waals surface area contributed by atoms with Crippen molar-refractivity contribution < 1.29 is 9.47 Å². The first kappa shape index (κ1) is 19.1. The fourth-order valence-electron chi connectivity index (χ4n) is 4.98. The number of rotatable bonds is 4. The second-order valence-electron chi connectivity index (χ2n) is 7.37. The first-order valence-electron chi connectivity index (χ1n) is 9.20. The molecule has 4 rings (SSSR count). The van der Waals surface area contributed by atoms with Gasteiger partial charge in [-0.05, 0) is 49.4 Å². The van der Waals surface area contributed by atoms with Crippen LogP contribution in [0.25, 0.3) is 0 Å². The van der Waals surface area contributed by atoms with Crippen molar-refractivity contribution in [1.82, 2.24) is 4.90 Å². The Bertz CT molecular complexity index is 749. The predicted octanol–water partition coefficient (Wildman–Crippen LogP) is 4.33. The van der Waals surface area contributed by atoms with Crippen LogP contribution < -0.4 is 9.47 Å². The van der Waals surface area contributed by atoms with Gasteiger partial charge in [0.25, 0.3) is 0 Å². The van der Waals surface area contributed by atoms with E-state index in [0.717, 1.165) is 36.8 Å². The van der Waals surface area contributed by atoms with E-state index in [0.29, 0.717) is 12.0 Å². The Labute approximate surface area is 162 Å². The van der Waals surface area contributed by atoms with Crippen LogP contribution in [0.3, 0.4) is 0 Å². The van der Waals surface area contributed by atoms with E-state index in [9.17, 15) is 0 Å². The van der Waals surface area contributed by atoms with Crippen LogP contribution >= 0.6 is 12.4 Å². The molecule has 2 aromatic carbocycles. The Kier molecular flexibility index (Phi) is 5.79. The Balaban J connectivity index is 0.00000196. The molecular formula is C22H28ClNO2. The number of hydrogen-bond donors (Lipinski definition) is 0. The van der Waals surface area contributed by atoms with E-state index < -0.39 is 0 Å². The van der Waals surface area contributed by atoms with Gasteiger partial charge in [-0.2, -0.15) is 0 Å². The SMILES string of the molecule is COc1ccc2c(c1OC)CCC1C2CN(C)C1Cc1ccccc1.Cl. The molecule has 1 aliphatic heterocycles. The summed E-state index contributed by atoms with van der Waals surface area (Å²) >= 11 is 0. The molecule has 0 radical (unpaired) electrons. The van der Waals surface area contributed by atoms with Crippen molar-refractivity contribution in [3.8, 4) is 11.5 Å². The van der Waals surface area contributed by atoms with Crippen LogP contribution in [0.2, 0.25) is 0 Å². The Morgan fingerprint density at radius 3 is 2.50 bits per heavy atom. The molecular weight excluding hydrogens is 346 g/mol. The minimum Gasteiger partial charge on any atom is -0.493 e. The number of fused-ring (bicyclic) bond motifs is 3. The molecule has 1 fully saturated rings. The first-order valence-corrected chi connectivity index (χ1v) is 9.20. The summed E-state index contributed by atoms with van der Waals surface area (Å²) in [5, 5.41) is 0. The molecule has 1 heterocycles. The summed E-state index contributed by atoms with van der Waals surface area (Å²) in [6.07, 6.45) is 3.44. The lowest BCUT2D eigenvalue weighted by atomic mass is 9.73. The van der Waals surface area contributed by atoms with Crippen molar-refractivity contribution in [2.24, 2.45) is 5.92 Å². The lowest BCUT2D eigenvalue weighted by Gasteiger charge is -2.32. The second kappa shape index (κ2) is 7.89. The van der Waals surface area contributed by atoms with E-state index >= 15 is 0 Å². The highest BCUT2D eigenvalue weighted by Gasteiger charge is 2.43. The number of nitrogens with zero attached hydrogens (tertiary/aromatic N) is 1. The van der Waals surface area contributed by atoms with Gasteiger partial charge in [-0.15, -0.1) is 12.4 Å². The van der Waals surface area contributed by atoms with Crippen LogP contribution in [-0.4, -0.2) is 38.8 Å². The van der Waals surface area contributed by atoms with Crippen molar-refractivity contribution in [3.63, 3.8) is 0 Å². The van der Waals surface area contributed by atoms with Gasteiger partial charge < -0.3 is 14.4 Å². The van der Waals surface area contributed by atoms with E-state index in [1.807, 2.05) is 0 Å². The lowest BCUT2D eigenvalue weighted by Crippen LogP contribution is -2.32. The molecule has 140 valence electrons. The number of halogens is 1. The second-order valence-corrected chi connectivity index (χ2v) is 7.37. The molecule has 0 amide bonds. The predicted molar refractivity (Wildman–Crippen MR) is 108 cm³/mol. The number of methoxy groups -OCH3 is 2. The van der Waals surface area contributed by atoms with Crippen molar-refractivity contribution >= 4 is 12.4 Å². The van der Waals surface area contributed by atoms with Crippen LogP contribution in [0.15, 0.2) is 42.5 Å². The van der Waals surface area contributed by atoms with E-state index in [1.165, 1.54) is 23.1 Å². The molecule has 4 heteroatoms. The highest BCUT2D eigenvalue weighted by Crippen LogP contribution is 2.49. The molecule has 0 bridgehead atoms. The van der Waals surface area contributed by atoms with Gasteiger partial charge >= 0.3 is 0 Å². The van der Waals surface area contributed by atoms with Gasteiger partial charge in [-0.25, -0.2) is 0 Å². The molecule has 3 nitrogen and oxygen atoms in total. The first-order chi connectivity index (χ1) is 12.2. The summed E-state index contributed by atoms with van der Waals surface area (Å²) in [7, 11) is 5.75. The highest BCUT2D eigenvalue weighted by molar-refractivity contribution is 5.85. The van der Waals surface area contributed by atoms with Crippen molar-refractivity contribution in [2.45, 2.75) is 31.2 Å². The zero-order chi connectivity index (χ0) is 17.4. The molecule has 0 saturated carbocycles. The number of ether oxygens (including phenoxy) is 2. The molecule has 1 saturated heterocycles. The number of hydrogen-bond acceptors (Lipinski definition) is 3. The van der Waals surface area contributed by atoms with Crippen molar-refractivity contribution in [1.29, 1.82) is 0 Å². The monoisotopic (exact) mass is 373 g/mol. The summed E-state index contributed by atoms with van der Waals surface area (Å²) in [5.41, 5.74) is 4.27. The molecule has 26 heavy (non-hydrogen) atoms. The molecule has 0 aromatic heterocycles. The summed E-state index contributed by atoms with van der Waals surface area (Å²) in [5.74, 6) is 3.11. The van der Waals surface area contributed by atoms with Crippen LogP contribution in [0.1, 0.15) is 29.0 Å². The molecule has 3 atom stereocenters. The van der Waals surface area contributed by atoms with Gasteiger partial charge in [-0.1, -0.05) is 36.4 Å². The maximum atomic E-state index is 5.69. The van der Waals surface area contributed by atoms with Crippen LogP contribution in [0, 0.1) is 5.92 Å². The van der Waals surface area contributed by atoms with Crippen molar-refractivity contribution in [2.75, 3.05) is 27.8 Å². The summed E-state index contributed by atoms with van der Waals surface area (Å²) in [6, 6.07) is 15.9. The summed E-state index contributed by atoms with van der Waals surface area (Å²) in [6.45, 7) is 1.13. The third-order valence-electron chi connectivity index (χ3n) is 6.16. The van der Waals surface area contributed by atoms with Crippen LogP contribution in [0.4, 0.5) is 0 Å². The van der Waals surface area contributed by atoms with Crippen molar-refractivity contribution in [3.05, 3.63) is 59.2 Å². The third kappa shape index (κ3) is 3.19. The Morgan fingerprint density at radius 1 is 1.04 bits per heavy atom. The van der Waals surface area contributed by atoms with Crippen LogP contribution in [-0.2, 0) is 12.8 Å². The molecule has 2 aliphatic rings. The lowest BCUT2D eigenvalue weighted by molar-refractivity contribution is 0.258. The topological polar surface area (TPSA) is 21.7 Å². The van der Waals surface area contributed by atoms with E-state index in [1.54, 1.807) is 14.2 Å². The molecule has 0 N–H and O–H groups in total. The normalized spacial score (nSPS) is 24.3. The van der Waals surface area contributed by atoms with Gasteiger partial charge in [0.2, 0.25) is 0 Å². The highest BCUT2D eigenvalue weighted by atomic mass is 35.5.